The van der Waals surface area contributed by atoms with Gasteiger partial charge in [-0.15, -0.1) is 0 Å². The molecule has 94 valence electrons. The van der Waals surface area contributed by atoms with Gasteiger partial charge in [0.2, 0.25) is 0 Å². The van der Waals surface area contributed by atoms with Gasteiger partial charge in [-0.1, -0.05) is 0 Å². The summed E-state index contributed by atoms with van der Waals surface area (Å²) < 4.78 is 49.8. The van der Waals surface area contributed by atoms with Gasteiger partial charge in [-0.25, -0.2) is 13.2 Å². The van der Waals surface area contributed by atoms with Gasteiger partial charge in [0.1, 0.15) is 0 Å². The van der Waals surface area contributed by atoms with Gasteiger partial charge in [-0.05, 0) is 12.8 Å². The minimum atomic E-state index is -1.46. The molecular formula is C11H12F3NOS. The minimum absolute atomic E-state index is 0.0389. The van der Waals surface area contributed by atoms with E-state index in [1.54, 1.807) is 0 Å². The van der Waals surface area contributed by atoms with Gasteiger partial charge in [0.05, 0.1) is 0 Å². The quantitative estimate of drug-likeness (QED) is 0.830. The van der Waals surface area contributed by atoms with Crippen molar-refractivity contribution in [2.75, 3.05) is 16.8 Å². The third-order valence-electron chi connectivity index (χ3n) is 2.74. The van der Waals surface area contributed by atoms with E-state index in [9.17, 15) is 17.4 Å². The van der Waals surface area contributed by atoms with Crippen LogP contribution in [-0.4, -0.2) is 21.8 Å². The smallest absolute Gasteiger partial charge is 0.194 e. The van der Waals surface area contributed by atoms with E-state index >= 15 is 0 Å². The largest absolute Gasteiger partial charge is 0.382 e. The molecule has 0 saturated carbocycles. The average Bonchev–Trinajstić information content (AvgIpc) is 2.29. The van der Waals surface area contributed by atoms with Gasteiger partial charge in [0, 0.05) is 46.2 Å². The number of hydrogen-bond donors (Lipinski definition) is 1. The molecule has 17 heavy (non-hydrogen) atoms. The Hall–Kier alpha value is -1.04. The minimum Gasteiger partial charge on any atom is -0.382 e. The molecule has 6 heteroatoms. The summed E-state index contributed by atoms with van der Waals surface area (Å²) in [7, 11) is -0.779. The van der Waals surface area contributed by atoms with Crippen molar-refractivity contribution in [2.24, 2.45) is 0 Å². The molecule has 2 rings (SSSR count). The van der Waals surface area contributed by atoms with E-state index in [1.807, 2.05) is 0 Å². The molecule has 1 aromatic carbocycles. The summed E-state index contributed by atoms with van der Waals surface area (Å²) >= 11 is 0. The number of halogens is 3. The van der Waals surface area contributed by atoms with Crippen LogP contribution in [0.1, 0.15) is 12.8 Å². The molecule has 1 aromatic rings. The standard InChI is InChI=1S/C11H12F3NOS/c12-9-5-8(6-10(13)11(9)14)15-7-1-3-17(16)4-2-7/h5-7,15H,1-4H2. The van der Waals surface area contributed by atoms with Crippen molar-refractivity contribution in [1.82, 2.24) is 0 Å². The monoisotopic (exact) mass is 263 g/mol. The first-order chi connectivity index (χ1) is 8.06. The number of rotatable bonds is 2. The van der Waals surface area contributed by atoms with Crippen molar-refractivity contribution in [1.29, 1.82) is 0 Å². The molecule has 0 unspecified atom stereocenters. The Morgan fingerprint density at radius 1 is 1.12 bits per heavy atom. The van der Waals surface area contributed by atoms with Crippen LogP contribution in [0.5, 0.6) is 0 Å². The fourth-order valence-electron chi connectivity index (χ4n) is 1.81. The van der Waals surface area contributed by atoms with Crippen LogP contribution >= 0.6 is 0 Å². The van der Waals surface area contributed by atoms with Gasteiger partial charge in [-0.2, -0.15) is 0 Å². The van der Waals surface area contributed by atoms with E-state index in [1.165, 1.54) is 0 Å². The fraction of sp³-hybridized carbons (Fsp3) is 0.455. The third kappa shape index (κ3) is 3.00. The summed E-state index contributed by atoms with van der Waals surface area (Å²) in [4.78, 5) is 0. The van der Waals surface area contributed by atoms with Crippen molar-refractivity contribution >= 4 is 16.5 Å². The molecule has 1 saturated heterocycles. The van der Waals surface area contributed by atoms with Crippen molar-refractivity contribution < 1.29 is 17.4 Å². The van der Waals surface area contributed by atoms with Crippen LogP contribution in [0.3, 0.4) is 0 Å². The van der Waals surface area contributed by atoms with Crippen LogP contribution in [0.2, 0.25) is 0 Å². The molecule has 1 fully saturated rings. The zero-order valence-electron chi connectivity index (χ0n) is 9.01. The van der Waals surface area contributed by atoms with Gasteiger partial charge in [0.25, 0.3) is 0 Å². The highest BCUT2D eigenvalue weighted by atomic mass is 32.2. The Bertz CT molecular complexity index is 419. The summed E-state index contributed by atoms with van der Waals surface area (Å²) in [6.07, 6.45) is 1.38. The molecule has 1 aliphatic rings. The van der Waals surface area contributed by atoms with E-state index < -0.39 is 28.3 Å². The van der Waals surface area contributed by atoms with E-state index in [2.05, 4.69) is 5.32 Å². The molecule has 0 aromatic heterocycles. The second-order valence-electron chi connectivity index (χ2n) is 4.02. The Kier molecular flexibility index (Phi) is 3.71. The van der Waals surface area contributed by atoms with Crippen LogP contribution in [-0.2, 0) is 10.8 Å². The highest BCUT2D eigenvalue weighted by Gasteiger charge is 2.18. The van der Waals surface area contributed by atoms with Crippen LogP contribution in [0, 0.1) is 17.5 Å². The van der Waals surface area contributed by atoms with Crippen molar-refractivity contribution in [3.63, 3.8) is 0 Å². The Labute approximate surface area is 99.7 Å². The van der Waals surface area contributed by atoms with Crippen LogP contribution in [0.4, 0.5) is 18.9 Å². The molecule has 0 spiro atoms. The molecule has 1 heterocycles. The summed E-state index contributed by atoms with van der Waals surface area (Å²) in [5.74, 6) is -2.69. The second kappa shape index (κ2) is 5.08. The predicted octanol–water partition coefficient (Wildman–Crippen LogP) is 2.43. The molecule has 1 aliphatic heterocycles. The van der Waals surface area contributed by atoms with Crippen molar-refractivity contribution in [3.05, 3.63) is 29.6 Å². The third-order valence-corrected chi connectivity index (χ3v) is 4.12. The van der Waals surface area contributed by atoms with Crippen LogP contribution < -0.4 is 5.32 Å². The maximum atomic E-state index is 13.0. The molecule has 0 amide bonds. The van der Waals surface area contributed by atoms with E-state index in [0.717, 1.165) is 12.1 Å². The zero-order valence-corrected chi connectivity index (χ0v) is 9.83. The van der Waals surface area contributed by atoms with Crippen molar-refractivity contribution in [2.45, 2.75) is 18.9 Å². The lowest BCUT2D eigenvalue weighted by molar-refractivity contribution is 0.447. The number of hydrogen-bond acceptors (Lipinski definition) is 2. The fourth-order valence-corrected chi connectivity index (χ4v) is 3.11. The SMILES string of the molecule is O=S1CCC(Nc2cc(F)c(F)c(F)c2)CC1. The topological polar surface area (TPSA) is 29.1 Å². The molecule has 0 radical (unpaired) electrons. The molecule has 0 atom stereocenters. The summed E-state index contributed by atoms with van der Waals surface area (Å²) in [6.45, 7) is 0. The highest BCUT2D eigenvalue weighted by molar-refractivity contribution is 7.85. The maximum Gasteiger partial charge on any atom is 0.194 e. The predicted molar refractivity (Wildman–Crippen MR) is 60.8 cm³/mol. The Morgan fingerprint density at radius 2 is 1.65 bits per heavy atom. The summed E-state index contributed by atoms with van der Waals surface area (Å²) in [5.41, 5.74) is 0.221. The summed E-state index contributed by atoms with van der Waals surface area (Å²) in [6, 6.07) is 1.91. The van der Waals surface area contributed by atoms with Crippen LogP contribution in [0.15, 0.2) is 12.1 Å². The Morgan fingerprint density at radius 3 is 2.18 bits per heavy atom. The van der Waals surface area contributed by atoms with Gasteiger partial charge in [-0.3, -0.25) is 4.21 Å². The first kappa shape index (κ1) is 12.4. The second-order valence-corrected chi connectivity index (χ2v) is 5.72. The Balaban J connectivity index is 2.06. The first-order valence-electron chi connectivity index (χ1n) is 5.32. The van der Waals surface area contributed by atoms with E-state index in [0.29, 0.717) is 24.3 Å². The molecule has 0 bridgehead atoms. The van der Waals surface area contributed by atoms with Crippen molar-refractivity contribution in [3.8, 4) is 0 Å². The number of benzene rings is 1. The lowest BCUT2D eigenvalue weighted by Gasteiger charge is -2.23. The lowest BCUT2D eigenvalue weighted by atomic mass is 10.1. The molecular weight excluding hydrogens is 251 g/mol. The molecule has 0 aliphatic carbocycles. The first-order valence-corrected chi connectivity index (χ1v) is 6.81. The average molecular weight is 263 g/mol. The highest BCUT2D eigenvalue weighted by Crippen LogP contribution is 2.20. The van der Waals surface area contributed by atoms with Crippen LogP contribution in [0.25, 0.3) is 0 Å². The molecule has 2 nitrogen and oxygen atoms in total. The summed E-state index contributed by atoms with van der Waals surface area (Å²) in [5, 5.41) is 2.93. The number of anilines is 1. The molecule has 1 N–H and O–H groups in total. The van der Waals surface area contributed by atoms with E-state index in [4.69, 9.17) is 0 Å². The van der Waals surface area contributed by atoms with Gasteiger partial charge < -0.3 is 5.32 Å². The van der Waals surface area contributed by atoms with Gasteiger partial charge in [0.15, 0.2) is 17.5 Å². The number of nitrogens with one attached hydrogen (secondary N) is 1. The zero-order chi connectivity index (χ0) is 12.4. The normalized spacial score (nSPS) is 24.6. The van der Waals surface area contributed by atoms with E-state index in [-0.39, 0.29) is 11.7 Å². The van der Waals surface area contributed by atoms with Gasteiger partial charge >= 0.3 is 0 Å². The maximum absolute atomic E-state index is 13.0. The lowest BCUT2D eigenvalue weighted by Crippen LogP contribution is -2.29.